The third kappa shape index (κ3) is 4.26. The maximum atomic E-state index is 13.1. The van der Waals surface area contributed by atoms with E-state index in [1.165, 1.54) is 19.1 Å². The van der Waals surface area contributed by atoms with Gasteiger partial charge in [0.05, 0.1) is 16.8 Å². The number of carbonyl (C=O) groups excluding carboxylic acids is 2. The van der Waals surface area contributed by atoms with Crippen LogP contribution in [0.15, 0.2) is 54.7 Å². The van der Waals surface area contributed by atoms with Gasteiger partial charge in [0.1, 0.15) is 0 Å². The van der Waals surface area contributed by atoms with Crippen molar-refractivity contribution < 1.29 is 27.5 Å². The van der Waals surface area contributed by atoms with E-state index >= 15 is 0 Å². The Bertz CT molecular complexity index is 1060. The quantitative estimate of drug-likeness (QED) is 0.618. The second-order valence-electron chi connectivity index (χ2n) is 6.43. The van der Waals surface area contributed by atoms with Gasteiger partial charge < -0.3 is 14.6 Å². The molecule has 0 aliphatic rings. The number of para-hydroxylation sites is 2. The lowest BCUT2D eigenvalue weighted by Crippen LogP contribution is -2.30. The van der Waals surface area contributed by atoms with Gasteiger partial charge in [-0.15, -0.1) is 0 Å². The second-order valence-corrected chi connectivity index (χ2v) is 6.43. The molecule has 1 N–H and O–H groups in total. The lowest BCUT2D eigenvalue weighted by molar-refractivity contribution is -0.137. The summed E-state index contributed by atoms with van der Waals surface area (Å²) < 4.78 is 46.3. The van der Waals surface area contributed by atoms with Crippen molar-refractivity contribution in [3.05, 3.63) is 65.9 Å². The van der Waals surface area contributed by atoms with Crippen LogP contribution in [-0.4, -0.2) is 22.5 Å². The third-order valence-corrected chi connectivity index (χ3v) is 4.49. The molecule has 1 unspecified atom stereocenters. The van der Waals surface area contributed by atoms with Crippen LogP contribution in [0.25, 0.3) is 10.9 Å². The maximum Gasteiger partial charge on any atom is 0.418 e. The van der Waals surface area contributed by atoms with Crippen LogP contribution < -0.4 is 5.32 Å². The molecule has 0 bridgehead atoms. The first-order chi connectivity index (χ1) is 13.7. The van der Waals surface area contributed by atoms with Gasteiger partial charge in [-0.1, -0.05) is 30.3 Å². The second kappa shape index (κ2) is 7.98. The van der Waals surface area contributed by atoms with Crippen molar-refractivity contribution in [1.82, 2.24) is 4.57 Å². The molecular weight excluding hydrogens is 385 g/mol. The standard InChI is InChI=1S/C21H19F3N2O3/c1-3-26-12-15(14-8-4-7-11-18(14)26)20(28)29-13(2)19(27)25-17-10-6-5-9-16(17)21(22,23)24/h4-13H,3H2,1-2H3,(H,25,27). The Morgan fingerprint density at radius 2 is 1.76 bits per heavy atom. The fraction of sp³-hybridized carbons (Fsp3) is 0.238. The van der Waals surface area contributed by atoms with E-state index in [1.807, 2.05) is 23.6 Å². The number of rotatable bonds is 5. The molecule has 0 saturated carbocycles. The molecule has 2 aromatic carbocycles. The molecular formula is C21H19F3N2O3. The van der Waals surface area contributed by atoms with Gasteiger partial charge in [-0.3, -0.25) is 4.79 Å². The number of aryl methyl sites for hydroxylation is 1. The number of fused-ring (bicyclic) bond motifs is 1. The lowest BCUT2D eigenvalue weighted by Gasteiger charge is -2.16. The van der Waals surface area contributed by atoms with E-state index in [0.717, 1.165) is 17.6 Å². The van der Waals surface area contributed by atoms with Crippen LogP contribution >= 0.6 is 0 Å². The van der Waals surface area contributed by atoms with Crippen molar-refractivity contribution in [2.75, 3.05) is 5.32 Å². The number of benzene rings is 2. The zero-order valence-electron chi connectivity index (χ0n) is 15.8. The number of hydrogen-bond donors (Lipinski definition) is 1. The summed E-state index contributed by atoms with van der Waals surface area (Å²) in [6, 6.07) is 11.9. The molecule has 0 aliphatic carbocycles. The molecule has 3 aromatic rings. The van der Waals surface area contributed by atoms with Crippen molar-refractivity contribution in [2.45, 2.75) is 32.7 Å². The first kappa shape index (κ1) is 20.4. The van der Waals surface area contributed by atoms with Crippen LogP contribution in [0.1, 0.15) is 29.8 Å². The minimum Gasteiger partial charge on any atom is -0.449 e. The Balaban J connectivity index is 1.77. The maximum absolute atomic E-state index is 13.1. The van der Waals surface area contributed by atoms with Crippen LogP contribution in [0.4, 0.5) is 18.9 Å². The summed E-state index contributed by atoms with van der Waals surface area (Å²) in [5.74, 6) is -1.57. The van der Waals surface area contributed by atoms with Crippen molar-refractivity contribution in [2.24, 2.45) is 0 Å². The Hall–Kier alpha value is -3.29. The van der Waals surface area contributed by atoms with Crippen LogP contribution in [0.3, 0.4) is 0 Å². The molecule has 0 radical (unpaired) electrons. The Morgan fingerprint density at radius 3 is 2.45 bits per heavy atom. The molecule has 0 saturated heterocycles. The Morgan fingerprint density at radius 1 is 1.10 bits per heavy atom. The fourth-order valence-corrected chi connectivity index (χ4v) is 3.02. The van der Waals surface area contributed by atoms with Crippen molar-refractivity contribution in [1.29, 1.82) is 0 Å². The molecule has 1 atom stereocenters. The molecule has 0 fully saturated rings. The van der Waals surface area contributed by atoms with E-state index in [0.29, 0.717) is 11.9 Å². The summed E-state index contributed by atoms with van der Waals surface area (Å²) in [5.41, 5.74) is -0.232. The van der Waals surface area contributed by atoms with E-state index < -0.39 is 35.4 Å². The average molecular weight is 404 g/mol. The number of amides is 1. The van der Waals surface area contributed by atoms with E-state index in [2.05, 4.69) is 5.32 Å². The normalized spacial score (nSPS) is 12.6. The van der Waals surface area contributed by atoms with E-state index in [4.69, 9.17) is 4.74 Å². The van der Waals surface area contributed by atoms with Crippen molar-refractivity contribution in [3.63, 3.8) is 0 Å². The number of nitrogens with one attached hydrogen (secondary N) is 1. The Labute approximate surface area is 165 Å². The molecule has 0 aliphatic heterocycles. The number of esters is 1. The summed E-state index contributed by atoms with van der Waals surface area (Å²) in [6.45, 7) is 3.87. The first-order valence-electron chi connectivity index (χ1n) is 8.98. The highest BCUT2D eigenvalue weighted by molar-refractivity contribution is 6.05. The molecule has 8 heteroatoms. The van der Waals surface area contributed by atoms with Gasteiger partial charge in [-0.25, -0.2) is 4.79 Å². The fourth-order valence-electron chi connectivity index (χ4n) is 3.02. The van der Waals surface area contributed by atoms with Crippen LogP contribution in [0.5, 0.6) is 0 Å². The van der Waals surface area contributed by atoms with Crippen LogP contribution in [-0.2, 0) is 22.3 Å². The molecule has 1 amide bonds. The van der Waals surface area contributed by atoms with Gasteiger partial charge in [0, 0.05) is 23.6 Å². The van der Waals surface area contributed by atoms with Crippen molar-refractivity contribution in [3.8, 4) is 0 Å². The number of aromatic nitrogens is 1. The zero-order valence-corrected chi connectivity index (χ0v) is 15.8. The number of halogens is 3. The monoisotopic (exact) mass is 404 g/mol. The van der Waals surface area contributed by atoms with E-state index in [9.17, 15) is 22.8 Å². The first-order valence-corrected chi connectivity index (χ1v) is 8.98. The number of anilines is 1. The Kier molecular flexibility index (Phi) is 5.63. The van der Waals surface area contributed by atoms with E-state index in [-0.39, 0.29) is 5.56 Å². The lowest BCUT2D eigenvalue weighted by atomic mass is 10.1. The van der Waals surface area contributed by atoms with Gasteiger partial charge in [-0.05, 0) is 32.0 Å². The number of ether oxygens (including phenoxy) is 1. The summed E-state index contributed by atoms with van der Waals surface area (Å²) in [7, 11) is 0. The number of alkyl halides is 3. The predicted molar refractivity (Wildman–Crippen MR) is 103 cm³/mol. The van der Waals surface area contributed by atoms with Gasteiger partial charge in [0.25, 0.3) is 5.91 Å². The molecule has 152 valence electrons. The minimum atomic E-state index is -4.62. The molecule has 0 spiro atoms. The highest BCUT2D eigenvalue weighted by atomic mass is 19.4. The zero-order chi connectivity index (χ0) is 21.2. The van der Waals surface area contributed by atoms with Gasteiger partial charge >= 0.3 is 12.1 Å². The van der Waals surface area contributed by atoms with E-state index in [1.54, 1.807) is 18.3 Å². The highest BCUT2D eigenvalue weighted by Crippen LogP contribution is 2.34. The van der Waals surface area contributed by atoms with Gasteiger partial charge in [0.15, 0.2) is 6.10 Å². The van der Waals surface area contributed by atoms with Gasteiger partial charge in [-0.2, -0.15) is 13.2 Å². The molecule has 1 aromatic heterocycles. The summed E-state index contributed by atoms with van der Waals surface area (Å²) >= 11 is 0. The topological polar surface area (TPSA) is 60.3 Å². The average Bonchev–Trinajstić information content (AvgIpc) is 3.06. The number of hydrogen-bond acceptors (Lipinski definition) is 3. The SMILES string of the molecule is CCn1cc(C(=O)OC(C)C(=O)Nc2ccccc2C(F)(F)F)c2ccccc21. The van der Waals surface area contributed by atoms with Crippen LogP contribution in [0.2, 0.25) is 0 Å². The largest absolute Gasteiger partial charge is 0.449 e. The molecule has 3 rings (SSSR count). The smallest absolute Gasteiger partial charge is 0.418 e. The van der Waals surface area contributed by atoms with Crippen LogP contribution in [0, 0.1) is 0 Å². The summed E-state index contributed by atoms with van der Waals surface area (Å²) in [6.07, 6.45) is -4.27. The third-order valence-electron chi connectivity index (χ3n) is 4.49. The summed E-state index contributed by atoms with van der Waals surface area (Å²) in [5, 5.41) is 2.86. The van der Waals surface area contributed by atoms with Gasteiger partial charge in [0.2, 0.25) is 0 Å². The molecule has 5 nitrogen and oxygen atoms in total. The number of nitrogens with zero attached hydrogens (tertiary/aromatic N) is 1. The highest BCUT2D eigenvalue weighted by Gasteiger charge is 2.34. The summed E-state index contributed by atoms with van der Waals surface area (Å²) in [4.78, 5) is 24.9. The predicted octanol–water partition coefficient (Wildman–Crippen LogP) is 4.86. The molecule has 1 heterocycles. The number of carbonyl (C=O) groups is 2. The van der Waals surface area contributed by atoms with Crippen molar-refractivity contribution >= 4 is 28.5 Å². The molecule has 29 heavy (non-hydrogen) atoms. The minimum absolute atomic E-state index is 0.290.